The normalized spacial score (nSPS) is 29.3. The fraction of sp³-hybridized carbons (Fsp3) is 0.615. The van der Waals surface area contributed by atoms with Crippen molar-refractivity contribution in [2.75, 3.05) is 0 Å². The Morgan fingerprint density at radius 1 is 1.27 bits per heavy atom. The lowest BCUT2D eigenvalue weighted by Crippen LogP contribution is -2.50. The van der Waals surface area contributed by atoms with E-state index in [-0.39, 0.29) is 11.0 Å². The number of pyridine rings is 1. The zero-order valence-electron chi connectivity index (χ0n) is 9.66. The van der Waals surface area contributed by atoms with Crippen LogP contribution in [-0.4, -0.2) is 10.5 Å². The van der Waals surface area contributed by atoms with Gasteiger partial charge < -0.3 is 5.73 Å². The summed E-state index contributed by atoms with van der Waals surface area (Å²) in [5.74, 6) is 0. The van der Waals surface area contributed by atoms with Crippen molar-refractivity contribution >= 4 is 0 Å². The maximum absolute atomic E-state index is 6.55. The zero-order chi connectivity index (χ0) is 10.9. The van der Waals surface area contributed by atoms with Gasteiger partial charge in [-0.05, 0) is 42.4 Å². The Balaban J connectivity index is 2.18. The van der Waals surface area contributed by atoms with Crippen LogP contribution >= 0.6 is 0 Å². The molecule has 1 unspecified atom stereocenters. The van der Waals surface area contributed by atoms with E-state index in [0.29, 0.717) is 0 Å². The van der Waals surface area contributed by atoms with E-state index in [4.69, 9.17) is 5.73 Å². The Morgan fingerprint density at radius 3 is 2.47 bits per heavy atom. The van der Waals surface area contributed by atoms with Gasteiger partial charge in [0.25, 0.3) is 0 Å². The van der Waals surface area contributed by atoms with Gasteiger partial charge in [-0.2, -0.15) is 0 Å². The van der Waals surface area contributed by atoms with Crippen LogP contribution in [0.25, 0.3) is 0 Å². The van der Waals surface area contributed by atoms with Crippen LogP contribution in [0.3, 0.4) is 0 Å². The summed E-state index contributed by atoms with van der Waals surface area (Å²) in [7, 11) is 0. The third-order valence-corrected chi connectivity index (χ3v) is 4.04. The fourth-order valence-corrected chi connectivity index (χ4v) is 2.63. The molecular weight excluding hydrogens is 184 g/mol. The highest BCUT2D eigenvalue weighted by atomic mass is 14.8. The fourth-order valence-electron chi connectivity index (χ4n) is 2.63. The second-order valence-electron chi connectivity index (χ2n) is 5.43. The van der Waals surface area contributed by atoms with Crippen molar-refractivity contribution in [3.63, 3.8) is 0 Å². The van der Waals surface area contributed by atoms with E-state index in [0.717, 1.165) is 12.8 Å². The first-order valence-corrected chi connectivity index (χ1v) is 5.71. The third-order valence-electron chi connectivity index (χ3n) is 4.04. The van der Waals surface area contributed by atoms with Gasteiger partial charge in [0, 0.05) is 17.9 Å². The predicted molar refractivity (Wildman–Crippen MR) is 62.5 cm³/mol. The van der Waals surface area contributed by atoms with Gasteiger partial charge in [0.2, 0.25) is 0 Å². The Labute approximate surface area is 91.9 Å². The van der Waals surface area contributed by atoms with Crippen LogP contribution in [0.4, 0.5) is 0 Å². The number of nitrogens with two attached hydrogens (primary N) is 1. The maximum atomic E-state index is 6.55. The smallest absolute Gasteiger partial charge is 0.0270 e. The van der Waals surface area contributed by atoms with Crippen LogP contribution < -0.4 is 5.73 Å². The molecule has 0 radical (unpaired) electrons. The molecule has 82 valence electrons. The summed E-state index contributed by atoms with van der Waals surface area (Å²) in [4.78, 5) is 4.04. The summed E-state index contributed by atoms with van der Waals surface area (Å²) in [5.41, 5.74) is 8.08. The van der Waals surface area contributed by atoms with Crippen LogP contribution in [0, 0.1) is 5.41 Å². The van der Waals surface area contributed by atoms with Crippen molar-refractivity contribution in [2.24, 2.45) is 11.1 Å². The lowest BCUT2D eigenvalue weighted by atomic mass is 9.72. The molecule has 2 rings (SSSR count). The minimum Gasteiger partial charge on any atom is -0.324 e. The van der Waals surface area contributed by atoms with Crippen molar-refractivity contribution in [3.8, 4) is 0 Å². The van der Waals surface area contributed by atoms with Crippen LogP contribution in [0.15, 0.2) is 24.5 Å². The second-order valence-corrected chi connectivity index (χ2v) is 5.43. The summed E-state index contributed by atoms with van der Waals surface area (Å²) in [6.07, 6.45) is 8.31. The zero-order valence-corrected chi connectivity index (χ0v) is 9.66. The molecule has 0 bridgehead atoms. The SMILES string of the molecule is CC1(C)CCCC1(N)Cc1ccncc1. The largest absolute Gasteiger partial charge is 0.324 e. The molecule has 2 heteroatoms. The lowest BCUT2D eigenvalue weighted by Gasteiger charge is -2.38. The van der Waals surface area contributed by atoms with E-state index in [1.807, 2.05) is 12.4 Å². The summed E-state index contributed by atoms with van der Waals surface area (Å²) >= 11 is 0. The van der Waals surface area contributed by atoms with E-state index in [1.54, 1.807) is 0 Å². The lowest BCUT2D eigenvalue weighted by molar-refractivity contribution is 0.207. The topological polar surface area (TPSA) is 38.9 Å². The molecule has 0 amide bonds. The summed E-state index contributed by atoms with van der Waals surface area (Å²) < 4.78 is 0. The van der Waals surface area contributed by atoms with Crippen LogP contribution in [0.2, 0.25) is 0 Å². The quantitative estimate of drug-likeness (QED) is 0.804. The molecule has 15 heavy (non-hydrogen) atoms. The molecule has 0 aromatic carbocycles. The van der Waals surface area contributed by atoms with Crippen LogP contribution in [0.5, 0.6) is 0 Å². The predicted octanol–water partition coefficient (Wildman–Crippen LogP) is 2.53. The highest BCUT2D eigenvalue weighted by molar-refractivity contribution is 5.17. The minimum absolute atomic E-state index is 0.0334. The average molecular weight is 204 g/mol. The minimum atomic E-state index is -0.0334. The molecule has 1 aromatic heterocycles. The molecule has 2 nitrogen and oxygen atoms in total. The second kappa shape index (κ2) is 3.60. The third kappa shape index (κ3) is 1.91. The Hall–Kier alpha value is -0.890. The monoisotopic (exact) mass is 204 g/mol. The number of aromatic nitrogens is 1. The molecule has 1 atom stereocenters. The number of hydrogen-bond acceptors (Lipinski definition) is 2. The van der Waals surface area contributed by atoms with Crippen LogP contribution in [-0.2, 0) is 6.42 Å². The van der Waals surface area contributed by atoms with Crippen molar-refractivity contribution in [1.29, 1.82) is 0 Å². The summed E-state index contributed by atoms with van der Waals surface area (Å²) in [6.45, 7) is 4.59. The van der Waals surface area contributed by atoms with Crippen molar-refractivity contribution < 1.29 is 0 Å². The molecule has 2 N–H and O–H groups in total. The van der Waals surface area contributed by atoms with Gasteiger partial charge in [0.05, 0.1) is 0 Å². The molecule has 1 aromatic rings. The van der Waals surface area contributed by atoms with Crippen LogP contribution in [0.1, 0.15) is 38.7 Å². The first-order valence-electron chi connectivity index (χ1n) is 5.71. The van der Waals surface area contributed by atoms with Gasteiger partial charge in [-0.1, -0.05) is 20.3 Å². The molecule has 0 saturated heterocycles. The first-order chi connectivity index (χ1) is 7.04. The molecule has 1 heterocycles. The van der Waals surface area contributed by atoms with E-state index in [2.05, 4.69) is 31.0 Å². The molecule has 1 fully saturated rings. The van der Waals surface area contributed by atoms with Crippen molar-refractivity contribution in [1.82, 2.24) is 4.98 Å². The van der Waals surface area contributed by atoms with E-state index in [9.17, 15) is 0 Å². The van der Waals surface area contributed by atoms with Crippen molar-refractivity contribution in [3.05, 3.63) is 30.1 Å². The molecule has 0 aliphatic heterocycles. The van der Waals surface area contributed by atoms with E-state index in [1.165, 1.54) is 18.4 Å². The Kier molecular flexibility index (Phi) is 2.55. The van der Waals surface area contributed by atoms with Gasteiger partial charge in [0.1, 0.15) is 0 Å². The standard InChI is InChI=1S/C13H20N2/c1-12(2)6-3-7-13(12,14)10-11-4-8-15-9-5-11/h4-5,8-9H,3,6-7,10,14H2,1-2H3. The molecular formula is C13H20N2. The van der Waals surface area contributed by atoms with Gasteiger partial charge in [-0.25, -0.2) is 0 Å². The van der Waals surface area contributed by atoms with Gasteiger partial charge >= 0.3 is 0 Å². The van der Waals surface area contributed by atoms with Crippen molar-refractivity contribution in [2.45, 2.75) is 45.1 Å². The van der Waals surface area contributed by atoms with Gasteiger partial charge in [-0.3, -0.25) is 4.98 Å². The Bertz CT molecular complexity index is 332. The number of nitrogens with zero attached hydrogens (tertiary/aromatic N) is 1. The highest BCUT2D eigenvalue weighted by Crippen LogP contribution is 2.45. The first kappa shape index (κ1) is 10.6. The highest BCUT2D eigenvalue weighted by Gasteiger charge is 2.45. The average Bonchev–Trinajstić information content (AvgIpc) is 2.43. The molecule has 1 saturated carbocycles. The van der Waals surface area contributed by atoms with E-state index < -0.39 is 0 Å². The maximum Gasteiger partial charge on any atom is 0.0270 e. The molecule has 1 aliphatic carbocycles. The Morgan fingerprint density at radius 2 is 1.93 bits per heavy atom. The van der Waals surface area contributed by atoms with Gasteiger partial charge in [0.15, 0.2) is 0 Å². The number of hydrogen-bond donors (Lipinski definition) is 1. The number of rotatable bonds is 2. The molecule has 1 aliphatic rings. The summed E-state index contributed by atoms with van der Waals surface area (Å²) in [6, 6.07) is 4.14. The van der Waals surface area contributed by atoms with Gasteiger partial charge in [-0.15, -0.1) is 0 Å². The van der Waals surface area contributed by atoms with E-state index >= 15 is 0 Å². The molecule has 0 spiro atoms. The summed E-state index contributed by atoms with van der Waals surface area (Å²) in [5, 5.41) is 0.